The lowest BCUT2D eigenvalue weighted by Crippen LogP contribution is -2.16. The lowest BCUT2D eigenvalue weighted by Gasteiger charge is -2.10. The number of anilines is 2. The van der Waals surface area contributed by atoms with Gasteiger partial charge >= 0.3 is 6.01 Å². The fourth-order valence-corrected chi connectivity index (χ4v) is 4.21. The summed E-state index contributed by atoms with van der Waals surface area (Å²) in [5.74, 6) is -0.337. The fourth-order valence-electron chi connectivity index (χ4n) is 2.89. The topological polar surface area (TPSA) is 155 Å². The van der Waals surface area contributed by atoms with Gasteiger partial charge in [-0.05, 0) is 46.3 Å². The van der Waals surface area contributed by atoms with Crippen LogP contribution in [-0.2, 0) is 16.7 Å². The maximum absolute atomic E-state index is 12.7. The number of aromatic nitrogens is 6. The molecule has 0 atom stereocenters. The Labute approximate surface area is 208 Å². The van der Waals surface area contributed by atoms with E-state index in [1.54, 1.807) is 34.0 Å². The van der Waals surface area contributed by atoms with Crippen molar-refractivity contribution in [2.45, 2.75) is 11.6 Å². The Morgan fingerprint density at radius 2 is 1.86 bits per heavy atom. The minimum Gasteiger partial charge on any atom is -0.481 e. The second kappa shape index (κ2) is 10.1. The molecule has 0 aliphatic rings. The molecule has 0 unspecified atom stereocenters. The summed E-state index contributed by atoms with van der Waals surface area (Å²) in [6.07, 6.45) is 5.09. The summed E-state index contributed by atoms with van der Waals surface area (Å²) in [5, 5.41) is 11.1. The number of hydrogen-bond acceptors (Lipinski definition) is 9. The van der Waals surface area contributed by atoms with Gasteiger partial charge in [-0.25, -0.2) is 13.1 Å². The Morgan fingerprint density at radius 1 is 1.09 bits per heavy atom. The summed E-state index contributed by atoms with van der Waals surface area (Å²) in [5.41, 5.74) is 0.589. The summed E-state index contributed by atoms with van der Waals surface area (Å²) >= 11 is 3.32. The third-order valence-corrected chi connectivity index (χ3v) is 6.28. The van der Waals surface area contributed by atoms with E-state index in [1.165, 1.54) is 44.6 Å². The summed E-state index contributed by atoms with van der Waals surface area (Å²) in [4.78, 5) is 20.4. The molecule has 15 heteroatoms. The van der Waals surface area contributed by atoms with Crippen LogP contribution in [0.4, 0.5) is 11.5 Å². The number of carbonyl (C=O) groups is 1. The van der Waals surface area contributed by atoms with Crippen LogP contribution in [0.5, 0.6) is 11.9 Å². The number of nitrogens with one attached hydrogen (secondary N) is 2. The van der Waals surface area contributed by atoms with Crippen molar-refractivity contribution in [1.82, 2.24) is 29.5 Å². The highest BCUT2D eigenvalue weighted by molar-refractivity contribution is 9.10. The largest absolute Gasteiger partial charge is 0.481 e. The van der Waals surface area contributed by atoms with Crippen LogP contribution >= 0.6 is 15.9 Å². The van der Waals surface area contributed by atoms with Gasteiger partial charge in [0.2, 0.25) is 5.88 Å². The molecule has 3 aromatic heterocycles. The Kier molecular flexibility index (Phi) is 6.97. The molecule has 0 bridgehead atoms. The summed E-state index contributed by atoms with van der Waals surface area (Å²) in [6.45, 7) is 0.336. The fraction of sp³-hybridized carbons (Fsp3) is 0.150. The van der Waals surface area contributed by atoms with E-state index in [0.29, 0.717) is 12.4 Å². The van der Waals surface area contributed by atoms with E-state index in [9.17, 15) is 13.2 Å². The average Bonchev–Trinajstić information content (AvgIpc) is 3.48. The number of rotatable bonds is 9. The van der Waals surface area contributed by atoms with Crippen molar-refractivity contribution in [3.05, 3.63) is 65.2 Å². The quantitative estimate of drug-likeness (QED) is 0.312. The molecule has 182 valence electrons. The number of benzene rings is 1. The zero-order valence-corrected chi connectivity index (χ0v) is 20.8. The van der Waals surface area contributed by atoms with Gasteiger partial charge in [-0.2, -0.15) is 20.2 Å². The molecule has 4 aromatic rings. The highest BCUT2D eigenvalue weighted by Crippen LogP contribution is 2.21. The molecule has 0 saturated heterocycles. The van der Waals surface area contributed by atoms with E-state index in [1.807, 2.05) is 0 Å². The van der Waals surface area contributed by atoms with Crippen molar-refractivity contribution >= 4 is 43.4 Å². The van der Waals surface area contributed by atoms with Crippen molar-refractivity contribution in [3.63, 3.8) is 0 Å². The van der Waals surface area contributed by atoms with E-state index >= 15 is 0 Å². The molecular weight excluding hydrogens is 544 g/mol. The van der Waals surface area contributed by atoms with Crippen LogP contribution in [0.1, 0.15) is 10.5 Å². The van der Waals surface area contributed by atoms with Crippen LogP contribution < -0.4 is 19.5 Å². The van der Waals surface area contributed by atoms with Gasteiger partial charge < -0.3 is 14.8 Å². The lowest BCUT2D eigenvalue weighted by atomic mass is 10.3. The number of halogens is 1. The van der Waals surface area contributed by atoms with Crippen LogP contribution in [-0.4, -0.2) is 58.1 Å². The molecule has 3 heterocycles. The molecule has 1 amide bonds. The van der Waals surface area contributed by atoms with Crippen LogP contribution in [0.2, 0.25) is 0 Å². The molecule has 2 N–H and O–H groups in total. The van der Waals surface area contributed by atoms with Gasteiger partial charge in [0.25, 0.3) is 15.9 Å². The second-order valence-electron chi connectivity index (χ2n) is 6.95. The molecule has 0 fully saturated rings. The third kappa shape index (κ3) is 5.93. The van der Waals surface area contributed by atoms with Crippen molar-refractivity contribution < 1.29 is 22.7 Å². The lowest BCUT2D eigenvalue weighted by molar-refractivity contribution is 0.102. The number of nitrogens with zero attached hydrogens (tertiary/aromatic N) is 6. The highest BCUT2D eigenvalue weighted by atomic mass is 79.9. The van der Waals surface area contributed by atoms with Crippen LogP contribution in [0.25, 0.3) is 0 Å². The molecule has 0 spiro atoms. The van der Waals surface area contributed by atoms with Gasteiger partial charge in [-0.1, -0.05) is 0 Å². The third-order valence-electron chi connectivity index (χ3n) is 4.50. The number of amides is 1. The second-order valence-corrected chi connectivity index (χ2v) is 9.54. The molecule has 0 radical (unpaired) electrons. The molecule has 35 heavy (non-hydrogen) atoms. The van der Waals surface area contributed by atoms with Crippen LogP contribution in [0, 0.1) is 0 Å². The number of ether oxygens (including phenoxy) is 2. The minimum absolute atomic E-state index is 0.0239. The highest BCUT2D eigenvalue weighted by Gasteiger charge is 2.17. The molecule has 4 rings (SSSR count). The summed E-state index contributed by atoms with van der Waals surface area (Å²) in [7, 11) is -1.24. The normalized spacial score (nSPS) is 11.2. The number of sulfonamides is 1. The SMILES string of the molecule is COc1cc(NS(=O)(=O)c2ccc(NC(=O)c3ccn(Cn4cc(Br)cn4)n3)cc2)nc(OC)n1. The maximum atomic E-state index is 12.7. The van der Waals surface area contributed by atoms with E-state index < -0.39 is 15.9 Å². The molecule has 0 saturated carbocycles. The van der Waals surface area contributed by atoms with Crippen molar-refractivity contribution in [2.24, 2.45) is 0 Å². The predicted molar refractivity (Wildman–Crippen MR) is 128 cm³/mol. The minimum atomic E-state index is -3.98. The zero-order valence-electron chi connectivity index (χ0n) is 18.4. The molecule has 1 aromatic carbocycles. The number of methoxy groups -OCH3 is 2. The van der Waals surface area contributed by atoms with Gasteiger partial charge in [0.15, 0.2) is 11.5 Å². The first-order chi connectivity index (χ1) is 16.8. The van der Waals surface area contributed by atoms with E-state index in [2.05, 4.69) is 46.1 Å². The Morgan fingerprint density at radius 3 is 2.51 bits per heavy atom. The van der Waals surface area contributed by atoms with Gasteiger partial charge in [-0.3, -0.25) is 14.2 Å². The van der Waals surface area contributed by atoms with E-state index in [4.69, 9.17) is 9.47 Å². The van der Waals surface area contributed by atoms with E-state index in [0.717, 1.165) is 4.47 Å². The monoisotopic (exact) mass is 562 g/mol. The maximum Gasteiger partial charge on any atom is 0.321 e. The number of carbonyl (C=O) groups excluding carboxylic acids is 1. The van der Waals surface area contributed by atoms with E-state index in [-0.39, 0.29) is 28.3 Å². The number of hydrogen-bond donors (Lipinski definition) is 2. The summed E-state index contributed by atoms with van der Waals surface area (Å²) < 4.78 is 41.9. The predicted octanol–water partition coefficient (Wildman–Crippen LogP) is 2.21. The Balaban J connectivity index is 1.42. The first kappa shape index (κ1) is 24.2. The zero-order chi connectivity index (χ0) is 25.0. The standard InChI is InChI=1S/C20H19BrN8O5S/c1-33-18-9-17(24-20(25-18)34-2)27-35(31,32)15-5-3-14(4-6-15)23-19(30)16-7-8-28(26-16)12-29-11-13(21)10-22-29/h3-11H,12H2,1-2H3,(H,23,30)(H,24,25,27). The molecule has 13 nitrogen and oxygen atoms in total. The average molecular weight is 563 g/mol. The molecule has 0 aliphatic heterocycles. The van der Waals surface area contributed by atoms with Gasteiger partial charge in [0.05, 0.1) is 29.8 Å². The van der Waals surface area contributed by atoms with Crippen LogP contribution in [0.3, 0.4) is 0 Å². The van der Waals surface area contributed by atoms with Gasteiger partial charge in [-0.15, -0.1) is 0 Å². The Bertz CT molecular complexity index is 1430. The first-order valence-corrected chi connectivity index (χ1v) is 12.2. The summed E-state index contributed by atoms with van der Waals surface area (Å²) in [6, 6.07) is 8.46. The first-order valence-electron chi connectivity index (χ1n) is 9.88. The van der Waals surface area contributed by atoms with Gasteiger partial charge in [0, 0.05) is 24.1 Å². The molecule has 0 aliphatic carbocycles. The van der Waals surface area contributed by atoms with Gasteiger partial charge in [0.1, 0.15) is 6.67 Å². The van der Waals surface area contributed by atoms with Crippen LogP contribution in [0.15, 0.2) is 64.4 Å². The van der Waals surface area contributed by atoms with Crippen molar-refractivity contribution in [2.75, 3.05) is 24.3 Å². The molecular formula is C20H19BrN8O5S. The van der Waals surface area contributed by atoms with Crippen molar-refractivity contribution in [3.8, 4) is 11.9 Å². The smallest absolute Gasteiger partial charge is 0.321 e. The Hall–Kier alpha value is -3.98. The van der Waals surface area contributed by atoms with Crippen molar-refractivity contribution in [1.29, 1.82) is 0 Å².